The smallest absolute Gasteiger partial charge is 0.243 e. The molecule has 1 amide bonds. The van der Waals surface area contributed by atoms with Crippen LogP contribution in [0.25, 0.3) is 0 Å². The summed E-state index contributed by atoms with van der Waals surface area (Å²) in [6.07, 6.45) is 0.578. The lowest BCUT2D eigenvalue weighted by Gasteiger charge is -2.21. The van der Waals surface area contributed by atoms with Gasteiger partial charge < -0.3 is 10.2 Å². The zero-order chi connectivity index (χ0) is 22.3. The number of nitrogens with zero attached hydrogens (tertiary/aromatic N) is 3. The fourth-order valence-corrected chi connectivity index (χ4v) is 3.94. The predicted molar refractivity (Wildman–Crippen MR) is 127 cm³/mol. The monoisotopic (exact) mass is 466 g/mol. The van der Waals surface area contributed by atoms with Crippen LogP contribution in [0.3, 0.4) is 0 Å². The summed E-state index contributed by atoms with van der Waals surface area (Å²) in [7, 11) is 0. The Kier molecular flexibility index (Phi) is 7.09. The molecule has 32 heavy (non-hydrogen) atoms. The number of halogens is 2. The standard InChI is InChI=1S/C24H20ClFN4OS/c25-19-8-6-17(7-9-19)14-22-28-24(32-29-22)30(15-18-4-2-1-3-5-18)16-23(31)27-21-12-10-20(26)11-13-21/h1-13H,14-16H2,(H,27,31). The van der Waals surface area contributed by atoms with Crippen LogP contribution < -0.4 is 10.2 Å². The molecular weight excluding hydrogens is 447 g/mol. The number of amides is 1. The number of hydrogen-bond acceptors (Lipinski definition) is 5. The van der Waals surface area contributed by atoms with Gasteiger partial charge in [0.25, 0.3) is 0 Å². The van der Waals surface area contributed by atoms with Crippen molar-refractivity contribution in [3.63, 3.8) is 0 Å². The maximum Gasteiger partial charge on any atom is 0.243 e. The molecule has 5 nitrogen and oxygen atoms in total. The molecule has 0 unspecified atom stereocenters. The van der Waals surface area contributed by atoms with Gasteiger partial charge in [0.05, 0.1) is 6.54 Å². The van der Waals surface area contributed by atoms with Gasteiger partial charge in [-0.15, -0.1) is 0 Å². The fraction of sp³-hybridized carbons (Fsp3) is 0.125. The summed E-state index contributed by atoms with van der Waals surface area (Å²) in [6.45, 7) is 0.592. The molecule has 1 aromatic heterocycles. The molecule has 0 saturated heterocycles. The molecule has 4 aromatic rings. The maximum atomic E-state index is 13.1. The van der Waals surface area contributed by atoms with Crippen molar-refractivity contribution in [3.05, 3.63) is 107 Å². The van der Waals surface area contributed by atoms with Crippen molar-refractivity contribution >= 4 is 39.9 Å². The van der Waals surface area contributed by atoms with E-state index in [0.717, 1.165) is 11.1 Å². The Labute approximate surface area is 194 Å². The Hall–Kier alpha value is -3.29. The quantitative estimate of drug-likeness (QED) is 0.369. The highest BCUT2D eigenvalue weighted by Gasteiger charge is 2.17. The van der Waals surface area contributed by atoms with Gasteiger partial charge in [0.15, 0.2) is 0 Å². The van der Waals surface area contributed by atoms with Crippen molar-refractivity contribution in [2.45, 2.75) is 13.0 Å². The van der Waals surface area contributed by atoms with E-state index >= 15 is 0 Å². The molecule has 1 heterocycles. The molecule has 4 rings (SSSR count). The van der Waals surface area contributed by atoms with Gasteiger partial charge in [-0.05, 0) is 47.5 Å². The molecule has 0 bridgehead atoms. The number of hydrogen-bond donors (Lipinski definition) is 1. The van der Waals surface area contributed by atoms with E-state index in [2.05, 4.69) is 14.7 Å². The third-order valence-corrected chi connectivity index (χ3v) is 5.75. The second kappa shape index (κ2) is 10.3. The maximum absolute atomic E-state index is 13.1. The fourth-order valence-electron chi connectivity index (χ4n) is 3.13. The molecule has 0 aliphatic heterocycles. The molecule has 0 fully saturated rings. The summed E-state index contributed by atoms with van der Waals surface area (Å²) < 4.78 is 17.6. The van der Waals surface area contributed by atoms with Crippen LogP contribution in [0.5, 0.6) is 0 Å². The van der Waals surface area contributed by atoms with Crippen LogP contribution >= 0.6 is 23.1 Å². The van der Waals surface area contributed by atoms with Crippen LogP contribution in [0.2, 0.25) is 5.02 Å². The molecule has 0 aliphatic carbocycles. The third kappa shape index (κ3) is 6.12. The molecule has 0 spiro atoms. The van der Waals surface area contributed by atoms with Crippen molar-refractivity contribution < 1.29 is 9.18 Å². The first-order valence-electron chi connectivity index (χ1n) is 9.96. The zero-order valence-electron chi connectivity index (χ0n) is 17.0. The van der Waals surface area contributed by atoms with Crippen molar-refractivity contribution in [2.24, 2.45) is 0 Å². The Morgan fingerprint density at radius 1 is 0.969 bits per heavy atom. The van der Waals surface area contributed by atoms with Gasteiger partial charge in [0.1, 0.15) is 11.6 Å². The Morgan fingerprint density at radius 3 is 2.41 bits per heavy atom. The largest absolute Gasteiger partial charge is 0.333 e. The van der Waals surface area contributed by atoms with Crippen LogP contribution in [0.4, 0.5) is 15.2 Å². The average molecular weight is 467 g/mol. The molecule has 0 radical (unpaired) electrons. The van der Waals surface area contributed by atoms with E-state index in [-0.39, 0.29) is 18.3 Å². The van der Waals surface area contributed by atoms with E-state index in [1.165, 1.54) is 35.8 Å². The number of nitrogens with one attached hydrogen (secondary N) is 1. The van der Waals surface area contributed by atoms with Gasteiger partial charge >= 0.3 is 0 Å². The van der Waals surface area contributed by atoms with Crippen molar-refractivity contribution in [2.75, 3.05) is 16.8 Å². The highest BCUT2D eigenvalue weighted by Crippen LogP contribution is 2.22. The number of benzene rings is 3. The normalized spacial score (nSPS) is 10.7. The SMILES string of the molecule is O=C(CN(Cc1ccccc1)c1nc(Cc2ccc(Cl)cc2)ns1)Nc1ccc(F)cc1. The lowest BCUT2D eigenvalue weighted by atomic mass is 10.1. The van der Waals surface area contributed by atoms with E-state index in [4.69, 9.17) is 11.6 Å². The second-order valence-electron chi connectivity index (χ2n) is 7.19. The number of carbonyl (C=O) groups is 1. The molecule has 162 valence electrons. The zero-order valence-corrected chi connectivity index (χ0v) is 18.6. The molecule has 3 aromatic carbocycles. The Bertz CT molecular complexity index is 1170. The van der Waals surface area contributed by atoms with Crippen LogP contribution in [-0.2, 0) is 17.8 Å². The van der Waals surface area contributed by atoms with Crippen LogP contribution in [0, 0.1) is 5.82 Å². The minimum Gasteiger partial charge on any atom is -0.333 e. The number of carbonyl (C=O) groups excluding carboxylic acids is 1. The first-order chi connectivity index (χ1) is 15.5. The van der Waals surface area contributed by atoms with Gasteiger partial charge in [0, 0.05) is 35.2 Å². The van der Waals surface area contributed by atoms with Gasteiger partial charge in [0.2, 0.25) is 11.0 Å². The summed E-state index contributed by atoms with van der Waals surface area (Å²) in [5, 5.41) is 4.15. The first kappa shape index (κ1) is 21.9. The number of anilines is 2. The summed E-state index contributed by atoms with van der Waals surface area (Å²) in [5.74, 6) is 0.113. The van der Waals surface area contributed by atoms with E-state index < -0.39 is 0 Å². The lowest BCUT2D eigenvalue weighted by molar-refractivity contribution is -0.115. The first-order valence-corrected chi connectivity index (χ1v) is 11.1. The highest BCUT2D eigenvalue weighted by atomic mass is 35.5. The van der Waals surface area contributed by atoms with Crippen molar-refractivity contribution in [1.82, 2.24) is 9.36 Å². The lowest BCUT2D eigenvalue weighted by Crippen LogP contribution is -2.33. The van der Waals surface area contributed by atoms with Crippen LogP contribution in [0.1, 0.15) is 17.0 Å². The van der Waals surface area contributed by atoms with E-state index in [1.54, 1.807) is 0 Å². The molecule has 8 heteroatoms. The van der Waals surface area contributed by atoms with E-state index in [0.29, 0.717) is 34.6 Å². The predicted octanol–water partition coefficient (Wildman–Crippen LogP) is 5.57. The minimum absolute atomic E-state index is 0.0852. The summed E-state index contributed by atoms with van der Waals surface area (Å²) >= 11 is 7.22. The minimum atomic E-state index is -0.351. The van der Waals surface area contributed by atoms with E-state index in [9.17, 15) is 9.18 Å². The van der Waals surface area contributed by atoms with Gasteiger partial charge in [-0.3, -0.25) is 4.79 Å². The Morgan fingerprint density at radius 2 is 1.69 bits per heavy atom. The highest BCUT2D eigenvalue weighted by molar-refractivity contribution is 7.09. The molecule has 1 N–H and O–H groups in total. The summed E-state index contributed by atoms with van der Waals surface area (Å²) in [4.78, 5) is 19.3. The number of aromatic nitrogens is 2. The molecule has 0 atom stereocenters. The van der Waals surface area contributed by atoms with Crippen LogP contribution in [-0.4, -0.2) is 21.8 Å². The summed E-state index contributed by atoms with van der Waals surface area (Å²) in [6, 6.07) is 23.1. The Balaban J connectivity index is 1.50. The van der Waals surface area contributed by atoms with Crippen molar-refractivity contribution in [1.29, 1.82) is 0 Å². The van der Waals surface area contributed by atoms with Gasteiger partial charge in [-0.1, -0.05) is 54.1 Å². The molecule has 0 saturated carbocycles. The third-order valence-electron chi connectivity index (χ3n) is 4.68. The van der Waals surface area contributed by atoms with Crippen LogP contribution in [0.15, 0.2) is 78.9 Å². The number of rotatable bonds is 8. The van der Waals surface area contributed by atoms with Gasteiger partial charge in [-0.25, -0.2) is 9.37 Å². The molecule has 0 aliphatic rings. The summed E-state index contributed by atoms with van der Waals surface area (Å²) in [5.41, 5.74) is 2.65. The topological polar surface area (TPSA) is 58.1 Å². The average Bonchev–Trinajstić information content (AvgIpc) is 3.26. The van der Waals surface area contributed by atoms with Gasteiger partial charge in [-0.2, -0.15) is 4.37 Å². The molecular formula is C24H20ClFN4OS. The second-order valence-corrected chi connectivity index (χ2v) is 8.36. The van der Waals surface area contributed by atoms with Crippen molar-refractivity contribution in [3.8, 4) is 0 Å². The van der Waals surface area contributed by atoms with E-state index in [1.807, 2.05) is 59.5 Å².